The summed E-state index contributed by atoms with van der Waals surface area (Å²) in [4.78, 5) is -0.0404. The molecule has 6 nitrogen and oxygen atoms in total. The second kappa shape index (κ2) is 4.79. The minimum absolute atomic E-state index is 0.0404. The number of H-pyrrole nitrogens is 1. The van der Waals surface area contributed by atoms with Crippen molar-refractivity contribution in [3.8, 4) is 0 Å². The van der Waals surface area contributed by atoms with Gasteiger partial charge in [0, 0.05) is 4.47 Å². The average molecular weight is 352 g/mol. The first kappa shape index (κ1) is 13.2. The molecule has 2 aromatic rings. The van der Waals surface area contributed by atoms with Crippen LogP contribution in [0.15, 0.2) is 33.8 Å². The molecule has 0 aliphatic heterocycles. The molecular formula is C9H8BrClN4O2S. The molecule has 96 valence electrons. The van der Waals surface area contributed by atoms with Gasteiger partial charge in [0.25, 0.3) is 10.0 Å². The Balaban J connectivity index is 2.40. The van der Waals surface area contributed by atoms with E-state index in [9.17, 15) is 8.42 Å². The topological polar surface area (TPSA) is 101 Å². The second-order valence-corrected chi connectivity index (χ2v) is 6.35. The molecule has 0 atom stereocenters. The summed E-state index contributed by atoms with van der Waals surface area (Å²) in [7, 11) is -3.81. The number of hydrogen-bond donors (Lipinski definition) is 3. The zero-order valence-electron chi connectivity index (χ0n) is 8.81. The van der Waals surface area contributed by atoms with E-state index in [0.717, 1.165) is 0 Å². The molecule has 0 unspecified atom stereocenters. The van der Waals surface area contributed by atoms with Crippen molar-refractivity contribution in [1.82, 2.24) is 10.2 Å². The van der Waals surface area contributed by atoms with E-state index in [0.29, 0.717) is 4.47 Å². The van der Waals surface area contributed by atoms with Gasteiger partial charge in [-0.05, 0) is 18.2 Å². The Bertz CT molecular complexity index is 686. The van der Waals surface area contributed by atoms with Crippen LogP contribution in [0.3, 0.4) is 0 Å². The molecule has 4 N–H and O–H groups in total. The first-order valence-corrected chi connectivity index (χ1v) is 7.32. The first-order chi connectivity index (χ1) is 8.40. The van der Waals surface area contributed by atoms with Crippen LogP contribution in [0, 0.1) is 0 Å². The number of aromatic nitrogens is 2. The fourth-order valence-corrected chi connectivity index (χ4v) is 3.34. The quantitative estimate of drug-likeness (QED) is 0.789. The van der Waals surface area contributed by atoms with Gasteiger partial charge in [-0.15, -0.1) is 0 Å². The SMILES string of the molecule is Nc1cn[nH]c1NS(=O)(=O)c1ccc(Br)cc1Cl. The number of rotatable bonds is 3. The maximum Gasteiger partial charge on any atom is 0.264 e. The van der Waals surface area contributed by atoms with Crippen molar-refractivity contribution < 1.29 is 8.42 Å². The molecule has 0 amide bonds. The third kappa shape index (κ3) is 2.60. The summed E-state index contributed by atoms with van der Waals surface area (Å²) in [6.45, 7) is 0. The fraction of sp³-hybridized carbons (Fsp3) is 0. The fourth-order valence-electron chi connectivity index (χ4n) is 1.26. The monoisotopic (exact) mass is 350 g/mol. The molecule has 0 fully saturated rings. The van der Waals surface area contributed by atoms with E-state index in [1.807, 2.05) is 0 Å². The Morgan fingerprint density at radius 1 is 1.44 bits per heavy atom. The lowest BCUT2D eigenvalue weighted by molar-refractivity contribution is 0.601. The molecule has 0 radical (unpaired) electrons. The molecule has 0 bridgehead atoms. The first-order valence-electron chi connectivity index (χ1n) is 4.67. The lowest BCUT2D eigenvalue weighted by Gasteiger charge is -2.08. The van der Waals surface area contributed by atoms with Crippen molar-refractivity contribution in [3.05, 3.63) is 33.9 Å². The van der Waals surface area contributed by atoms with Crippen molar-refractivity contribution in [1.29, 1.82) is 0 Å². The summed E-state index contributed by atoms with van der Waals surface area (Å²) in [6, 6.07) is 4.46. The standard InChI is InChI=1S/C9H8BrClN4O2S/c10-5-1-2-8(6(11)3-5)18(16,17)15-9-7(12)4-13-14-9/h1-4H,12H2,(H2,13,14,15). The number of anilines is 2. The van der Waals surface area contributed by atoms with Gasteiger partial charge >= 0.3 is 0 Å². The highest BCUT2D eigenvalue weighted by Gasteiger charge is 2.19. The van der Waals surface area contributed by atoms with E-state index in [-0.39, 0.29) is 21.4 Å². The summed E-state index contributed by atoms with van der Waals surface area (Å²) in [6.07, 6.45) is 1.31. The highest BCUT2D eigenvalue weighted by molar-refractivity contribution is 9.10. The highest BCUT2D eigenvalue weighted by atomic mass is 79.9. The maximum atomic E-state index is 12.1. The molecule has 9 heteroatoms. The van der Waals surface area contributed by atoms with Gasteiger partial charge in [-0.25, -0.2) is 8.42 Å². The van der Waals surface area contributed by atoms with Crippen molar-refractivity contribution in [2.24, 2.45) is 0 Å². The number of nitrogens with two attached hydrogens (primary N) is 1. The van der Waals surface area contributed by atoms with Gasteiger partial charge in [-0.1, -0.05) is 27.5 Å². The van der Waals surface area contributed by atoms with Gasteiger partial charge in [0.1, 0.15) is 4.90 Å². The zero-order chi connectivity index (χ0) is 13.3. The van der Waals surface area contributed by atoms with Crippen LogP contribution in [0.25, 0.3) is 0 Å². The van der Waals surface area contributed by atoms with Gasteiger partial charge in [0.15, 0.2) is 5.82 Å². The van der Waals surface area contributed by atoms with E-state index in [1.165, 1.54) is 18.3 Å². The number of nitrogens with zero attached hydrogens (tertiary/aromatic N) is 1. The lowest BCUT2D eigenvalue weighted by atomic mass is 10.4. The largest absolute Gasteiger partial charge is 0.394 e. The minimum atomic E-state index is -3.81. The van der Waals surface area contributed by atoms with E-state index >= 15 is 0 Å². The van der Waals surface area contributed by atoms with E-state index in [2.05, 4.69) is 30.8 Å². The summed E-state index contributed by atoms with van der Waals surface area (Å²) in [5.74, 6) is 0.106. The number of nitrogen functional groups attached to an aromatic ring is 1. The van der Waals surface area contributed by atoms with Crippen LogP contribution in [-0.2, 0) is 10.0 Å². The molecule has 1 heterocycles. The Labute approximate surface area is 117 Å². The van der Waals surface area contributed by atoms with Crippen molar-refractivity contribution in [3.63, 3.8) is 0 Å². The average Bonchev–Trinajstić information content (AvgIpc) is 2.63. The Kier molecular flexibility index (Phi) is 3.51. The molecule has 0 aliphatic rings. The van der Waals surface area contributed by atoms with Crippen molar-refractivity contribution in [2.45, 2.75) is 4.90 Å². The predicted molar refractivity (Wildman–Crippen MR) is 73.0 cm³/mol. The second-order valence-electron chi connectivity index (χ2n) is 3.38. The summed E-state index contributed by atoms with van der Waals surface area (Å²) in [5.41, 5.74) is 5.73. The van der Waals surface area contributed by atoms with Gasteiger partial charge in [0.05, 0.1) is 16.9 Å². The van der Waals surface area contributed by atoms with Crippen molar-refractivity contribution in [2.75, 3.05) is 10.5 Å². The number of sulfonamides is 1. The minimum Gasteiger partial charge on any atom is -0.394 e. The smallest absolute Gasteiger partial charge is 0.264 e. The van der Waals surface area contributed by atoms with E-state index in [1.54, 1.807) is 6.07 Å². The van der Waals surface area contributed by atoms with Crippen LogP contribution in [0.4, 0.5) is 11.5 Å². The van der Waals surface area contributed by atoms with Crippen LogP contribution < -0.4 is 10.5 Å². The molecule has 2 rings (SSSR count). The third-order valence-electron chi connectivity index (χ3n) is 2.09. The van der Waals surface area contributed by atoms with Gasteiger partial charge in [-0.2, -0.15) is 5.10 Å². The summed E-state index contributed by atoms with van der Waals surface area (Å²) < 4.78 is 27.1. The lowest BCUT2D eigenvalue weighted by Crippen LogP contribution is -2.14. The molecule has 0 saturated heterocycles. The molecule has 0 aliphatic carbocycles. The zero-order valence-corrected chi connectivity index (χ0v) is 12.0. The highest BCUT2D eigenvalue weighted by Crippen LogP contribution is 2.27. The van der Waals surface area contributed by atoms with Crippen LogP contribution >= 0.6 is 27.5 Å². The number of nitrogens with one attached hydrogen (secondary N) is 2. The maximum absolute atomic E-state index is 12.1. The normalized spacial score (nSPS) is 11.4. The third-order valence-corrected chi connectivity index (χ3v) is 4.41. The van der Waals surface area contributed by atoms with Crippen LogP contribution in [-0.4, -0.2) is 18.6 Å². The molecule has 1 aromatic carbocycles. The summed E-state index contributed by atoms with van der Waals surface area (Å²) >= 11 is 9.09. The molecular weight excluding hydrogens is 344 g/mol. The number of hydrogen-bond acceptors (Lipinski definition) is 4. The van der Waals surface area contributed by atoms with E-state index in [4.69, 9.17) is 17.3 Å². The van der Waals surface area contributed by atoms with Gasteiger partial charge in [0.2, 0.25) is 0 Å². The van der Waals surface area contributed by atoms with Gasteiger partial charge < -0.3 is 5.73 Å². The van der Waals surface area contributed by atoms with Gasteiger partial charge in [-0.3, -0.25) is 9.82 Å². The van der Waals surface area contributed by atoms with Crippen molar-refractivity contribution >= 4 is 49.1 Å². The van der Waals surface area contributed by atoms with Crippen LogP contribution in [0.1, 0.15) is 0 Å². The Morgan fingerprint density at radius 3 is 2.72 bits per heavy atom. The van der Waals surface area contributed by atoms with E-state index < -0.39 is 10.0 Å². The molecule has 0 saturated carbocycles. The number of aromatic amines is 1. The molecule has 18 heavy (non-hydrogen) atoms. The predicted octanol–water partition coefficient (Wildman–Crippen LogP) is 2.21. The number of benzene rings is 1. The summed E-state index contributed by atoms with van der Waals surface area (Å²) in [5, 5.41) is 6.17. The van der Waals surface area contributed by atoms with Crippen LogP contribution in [0.2, 0.25) is 5.02 Å². The molecule has 1 aromatic heterocycles. The Hall–Kier alpha value is -1.25. The van der Waals surface area contributed by atoms with Crippen LogP contribution in [0.5, 0.6) is 0 Å². The number of halogens is 2. The molecule has 0 spiro atoms. The Morgan fingerprint density at radius 2 is 2.17 bits per heavy atom.